The van der Waals surface area contributed by atoms with Gasteiger partial charge in [-0.15, -0.1) is 0 Å². The van der Waals surface area contributed by atoms with Crippen molar-refractivity contribution in [2.45, 2.75) is 25.9 Å². The quantitative estimate of drug-likeness (QED) is 0.858. The molecule has 0 aliphatic rings. The normalized spacial score (nSPS) is 12.6. The zero-order chi connectivity index (χ0) is 14.5. The van der Waals surface area contributed by atoms with E-state index >= 15 is 0 Å². The van der Waals surface area contributed by atoms with Crippen LogP contribution in [0.5, 0.6) is 0 Å². The first-order valence-electron chi connectivity index (χ1n) is 6.50. The van der Waals surface area contributed by atoms with Crippen LogP contribution in [-0.4, -0.2) is 11.7 Å². The van der Waals surface area contributed by atoms with Crippen LogP contribution in [0.3, 0.4) is 0 Å². The van der Waals surface area contributed by atoms with Gasteiger partial charge in [0.2, 0.25) is 0 Å². The summed E-state index contributed by atoms with van der Waals surface area (Å²) in [6, 6.07) is 7.96. The fraction of sp³-hybridized carbons (Fsp3) is 0.333. The predicted molar refractivity (Wildman–Crippen MR) is 76.2 cm³/mol. The second-order valence-electron chi connectivity index (χ2n) is 4.51. The summed E-state index contributed by atoms with van der Waals surface area (Å²) < 4.78 is 19.0. The molecule has 1 unspecified atom stereocenters. The van der Waals surface area contributed by atoms with Crippen LogP contribution in [0, 0.1) is 5.82 Å². The molecule has 0 radical (unpaired) electrons. The van der Waals surface area contributed by atoms with Crippen molar-refractivity contribution < 1.29 is 13.9 Å². The Morgan fingerprint density at radius 1 is 1.30 bits per heavy atom. The van der Waals surface area contributed by atoms with Crippen molar-refractivity contribution in [1.82, 2.24) is 5.32 Å². The fourth-order valence-corrected chi connectivity index (χ4v) is 2.07. The fourth-order valence-electron chi connectivity index (χ4n) is 1.95. The first kappa shape index (κ1) is 15.0. The zero-order valence-corrected chi connectivity index (χ0v) is 12.0. The summed E-state index contributed by atoms with van der Waals surface area (Å²) in [5.41, 5.74) is 0.650. The summed E-state index contributed by atoms with van der Waals surface area (Å²) in [5.74, 6) is 1.21. The monoisotopic (exact) mass is 297 g/mol. The third-order valence-corrected chi connectivity index (χ3v) is 3.42. The van der Waals surface area contributed by atoms with Crippen LogP contribution in [0.1, 0.15) is 30.0 Å². The van der Waals surface area contributed by atoms with Crippen LogP contribution in [0.2, 0.25) is 5.02 Å². The lowest BCUT2D eigenvalue weighted by Gasteiger charge is -2.16. The van der Waals surface area contributed by atoms with Crippen LogP contribution in [0.15, 0.2) is 34.7 Å². The molecule has 0 spiro atoms. The molecule has 1 heterocycles. The minimum absolute atomic E-state index is 0.0732. The minimum atomic E-state index is -0.490. The van der Waals surface area contributed by atoms with E-state index in [1.54, 1.807) is 6.07 Å². The number of aryl methyl sites for hydroxylation is 1. The van der Waals surface area contributed by atoms with Gasteiger partial charge in [0.1, 0.15) is 17.3 Å². The Balaban J connectivity index is 2.03. The first-order valence-corrected chi connectivity index (χ1v) is 6.88. The Bertz CT molecular complexity index is 571. The average Bonchev–Trinajstić information content (AvgIpc) is 2.91. The van der Waals surface area contributed by atoms with Crippen LogP contribution in [-0.2, 0) is 13.0 Å². The largest absolute Gasteiger partial charge is 0.465 e. The molecule has 2 rings (SSSR count). The van der Waals surface area contributed by atoms with Crippen LogP contribution in [0.25, 0.3) is 0 Å². The molecule has 0 saturated carbocycles. The number of hydrogen-bond acceptors (Lipinski definition) is 3. The SMILES string of the molecule is CCc1ccc(CNC(CO)c2ccc(Cl)c(F)c2)o1. The Morgan fingerprint density at radius 2 is 2.05 bits per heavy atom. The van der Waals surface area contributed by atoms with Gasteiger partial charge < -0.3 is 14.8 Å². The maximum Gasteiger partial charge on any atom is 0.142 e. The van der Waals surface area contributed by atoms with Crippen molar-refractivity contribution in [1.29, 1.82) is 0 Å². The molecule has 20 heavy (non-hydrogen) atoms. The third kappa shape index (κ3) is 3.60. The number of aliphatic hydroxyl groups is 1. The van der Waals surface area contributed by atoms with Gasteiger partial charge in [0, 0.05) is 6.42 Å². The van der Waals surface area contributed by atoms with Crippen LogP contribution in [0.4, 0.5) is 4.39 Å². The van der Waals surface area contributed by atoms with E-state index in [1.807, 2.05) is 19.1 Å². The lowest BCUT2D eigenvalue weighted by Crippen LogP contribution is -2.23. The topological polar surface area (TPSA) is 45.4 Å². The minimum Gasteiger partial charge on any atom is -0.465 e. The summed E-state index contributed by atoms with van der Waals surface area (Å²) in [6.07, 6.45) is 0.839. The maximum absolute atomic E-state index is 13.4. The summed E-state index contributed by atoms with van der Waals surface area (Å²) in [5, 5.41) is 12.6. The molecule has 2 aromatic rings. The van der Waals surface area contributed by atoms with E-state index < -0.39 is 5.82 Å². The Kier molecular flexibility index (Phi) is 5.17. The number of rotatable bonds is 6. The average molecular weight is 298 g/mol. The molecular formula is C15H17ClFNO2. The number of benzene rings is 1. The number of halogens is 2. The smallest absolute Gasteiger partial charge is 0.142 e. The molecule has 2 N–H and O–H groups in total. The molecule has 0 aliphatic carbocycles. The third-order valence-electron chi connectivity index (χ3n) is 3.12. The molecule has 3 nitrogen and oxygen atoms in total. The molecule has 0 bridgehead atoms. The number of hydrogen-bond donors (Lipinski definition) is 2. The molecular weight excluding hydrogens is 281 g/mol. The number of nitrogens with one attached hydrogen (secondary N) is 1. The second kappa shape index (κ2) is 6.88. The maximum atomic E-state index is 13.4. The lowest BCUT2D eigenvalue weighted by molar-refractivity contribution is 0.240. The van der Waals surface area contributed by atoms with Gasteiger partial charge in [-0.3, -0.25) is 0 Å². The van der Waals surface area contributed by atoms with E-state index in [0.717, 1.165) is 17.9 Å². The van der Waals surface area contributed by atoms with Gasteiger partial charge in [-0.05, 0) is 29.8 Å². The number of aliphatic hydroxyl groups excluding tert-OH is 1. The lowest BCUT2D eigenvalue weighted by atomic mass is 10.1. The predicted octanol–water partition coefficient (Wildman–Crippen LogP) is 3.46. The molecule has 1 aromatic heterocycles. The highest BCUT2D eigenvalue weighted by Crippen LogP contribution is 2.20. The highest BCUT2D eigenvalue weighted by molar-refractivity contribution is 6.30. The van der Waals surface area contributed by atoms with Crippen molar-refractivity contribution in [2.75, 3.05) is 6.61 Å². The van der Waals surface area contributed by atoms with E-state index in [9.17, 15) is 9.50 Å². The highest BCUT2D eigenvalue weighted by atomic mass is 35.5. The highest BCUT2D eigenvalue weighted by Gasteiger charge is 2.13. The van der Waals surface area contributed by atoms with Gasteiger partial charge in [0.25, 0.3) is 0 Å². The van der Waals surface area contributed by atoms with Gasteiger partial charge in [-0.2, -0.15) is 0 Å². The molecule has 108 valence electrons. The summed E-state index contributed by atoms with van der Waals surface area (Å²) >= 11 is 5.65. The van der Waals surface area contributed by atoms with Gasteiger partial charge in [-0.25, -0.2) is 4.39 Å². The molecule has 1 aromatic carbocycles. The molecule has 1 atom stereocenters. The molecule has 0 fully saturated rings. The van der Waals surface area contributed by atoms with E-state index in [-0.39, 0.29) is 17.7 Å². The van der Waals surface area contributed by atoms with Gasteiger partial charge in [0.15, 0.2) is 0 Å². The molecule has 0 aliphatic heterocycles. The van der Waals surface area contributed by atoms with E-state index in [2.05, 4.69) is 5.32 Å². The van der Waals surface area contributed by atoms with Gasteiger partial charge in [0.05, 0.1) is 24.2 Å². The van der Waals surface area contributed by atoms with Crippen molar-refractivity contribution in [3.63, 3.8) is 0 Å². The Labute approximate surface area is 122 Å². The van der Waals surface area contributed by atoms with E-state index in [0.29, 0.717) is 12.1 Å². The van der Waals surface area contributed by atoms with Crippen LogP contribution < -0.4 is 5.32 Å². The second-order valence-corrected chi connectivity index (χ2v) is 4.92. The summed E-state index contributed by atoms with van der Waals surface area (Å²) in [7, 11) is 0. The molecule has 0 amide bonds. The number of furan rings is 1. The van der Waals surface area contributed by atoms with Crippen molar-refractivity contribution in [3.8, 4) is 0 Å². The van der Waals surface area contributed by atoms with E-state index in [1.165, 1.54) is 12.1 Å². The van der Waals surface area contributed by atoms with Crippen molar-refractivity contribution in [3.05, 3.63) is 58.3 Å². The van der Waals surface area contributed by atoms with Crippen molar-refractivity contribution >= 4 is 11.6 Å². The molecule has 5 heteroatoms. The van der Waals surface area contributed by atoms with E-state index in [4.69, 9.17) is 16.0 Å². The standard InChI is InChI=1S/C15H17ClFNO2/c1-2-11-4-5-12(20-11)8-18-15(9-19)10-3-6-13(16)14(17)7-10/h3-7,15,18-19H,2,8-9H2,1H3. The van der Waals surface area contributed by atoms with Crippen LogP contribution >= 0.6 is 11.6 Å². The summed E-state index contributed by atoms with van der Waals surface area (Å²) in [6.45, 7) is 2.35. The Hall–Kier alpha value is -1.36. The van der Waals surface area contributed by atoms with Crippen molar-refractivity contribution in [2.24, 2.45) is 0 Å². The van der Waals surface area contributed by atoms with Gasteiger partial charge in [-0.1, -0.05) is 24.6 Å². The Morgan fingerprint density at radius 3 is 2.65 bits per heavy atom. The van der Waals surface area contributed by atoms with Gasteiger partial charge >= 0.3 is 0 Å². The summed E-state index contributed by atoms with van der Waals surface area (Å²) in [4.78, 5) is 0. The first-order chi connectivity index (χ1) is 9.63. The zero-order valence-electron chi connectivity index (χ0n) is 11.2. The molecule has 0 saturated heterocycles.